The number of piperazine rings is 1. The summed E-state index contributed by atoms with van der Waals surface area (Å²) in [5, 5.41) is 4.12. The third-order valence-corrected chi connectivity index (χ3v) is 8.31. The van der Waals surface area contributed by atoms with Crippen molar-refractivity contribution in [2.75, 3.05) is 31.1 Å². The first kappa shape index (κ1) is 23.8. The van der Waals surface area contributed by atoms with Gasteiger partial charge in [-0.05, 0) is 43.5 Å². The van der Waals surface area contributed by atoms with Crippen molar-refractivity contribution >= 4 is 50.7 Å². The van der Waals surface area contributed by atoms with Crippen LogP contribution in [-0.2, 0) is 11.3 Å². The predicted molar refractivity (Wildman–Crippen MR) is 139 cm³/mol. The Hall–Kier alpha value is -2.91. The topological polar surface area (TPSA) is 87.5 Å². The molecule has 10 heteroatoms. The van der Waals surface area contributed by atoms with Crippen molar-refractivity contribution in [3.8, 4) is 0 Å². The van der Waals surface area contributed by atoms with E-state index in [0.29, 0.717) is 51.9 Å². The number of aromatic nitrogens is 2. The van der Waals surface area contributed by atoms with Crippen molar-refractivity contribution < 1.29 is 9.59 Å². The molecule has 0 atom stereocenters. The van der Waals surface area contributed by atoms with Crippen molar-refractivity contribution in [2.45, 2.75) is 45.2 Å². The molecule has 184 valence electrons. The van der Waals surface area contributed by atoms with Crippen LogP contribution in [0.4, 0.5) is 5.69 Å². The minimum absolute atomic E-state index is 0.0672. The lowest BCUT2D eigenvalue weighted by Gasteiger charge is -2.36. The Kier molecular flexibility index (Phi) is 6.80. The van der Waals surface area contributed by atoms with Gasteiger partial charge in [0.05, 0.1) is 16.6 Å². The number of aryl methyl sites for hydroxylation is 1. The summed E-state index contributed by atoms with van der Waals surface area (Å²) in [4.78, 5) is 48.5. The van der Waals surface area contributed by atoms with Gasteiger partial charge in [-0.25, -0.2) is 4.98 Å². The van der Waals surface area contributed by atoms with Gasteiger partial charge in [0.2, 0.25) is 5.91 Å². The molecule has 5 rings (SSSR count). The molecule has 1 aromatic carbocycles. The Morgan fingerprint density at radius 3 is 2.63 bits per heavy atom. The van der Waals surface area contributed by atoms with Gasteiger partial charge in [-0.3, -0.25) is 19.0 Å². The Labute approximate surface area is 212 Å². The Bertz CT molecular complexity index is 1320. The molecule has 1 aliphatic heterocycles. The highest BCUT2D eigenvalue weighted by Gasteiger charge is 2.27. The molecule has 1 saturated carbocycles. The quantitative estimate of drug-likeness (QED) is 0.564. The van der Waals surface area contributed by atoms with E-state index in [0.717, 1.165) is 31.4 Å². The van der Waals surface area contributed by atoms with Gasteiger partial charge in [0.25, 0.3) is 11.5 Å². The molecule has 1 saturated heterocycles. The lowest BCUT2D eigenvalue weighted by molar-refractivity contribution is -0.122. The van der Waals surface area contributed by atoms with Crippen LogP contribution in [0.1, 0.15) is 40.9 Å². The van der Waals surface area contributed by atoms with Crippen LogP contribution in [0.3, 0.4) is 0 Å². The smallest absolute Gasteiger partial charge is 0.264 e. The largest absolute Gasteiger partial charge is 0.368 e. The van der Waals surface area contributed by atoms with Gasteiger partial charge < -0.3 is 15.1 Å². The second-order valence-electron chi connectivity index (χ2n) is 9.22. The number of carbonyl (C=O) groups is 2. The molecular formula is C25H28ClN5O3S. The number of carbonyl (C=O) groups excluding carboxylic acids is 2. The molecule has 8 nitrogen and oxygen atoms in total. The van der Waals surface area contributed by atoms with E-state index in [1.807, 2.05) is 29.2 Å². The predicted octanol–water partition coefficient (Wildman–Crippen LogP) is 3.44. The summed E-state index contributed by atoms with van der Waals surface area (Å²) >= 11 is 7.37. The molecule has 0 spiro atoms. The Morgan fingerprint density at radius 1 is 1.17 bits per heavy atom. The number of rotatable bonds is 5. The summed E-state index contributed by atoms with van der Waals surface area (Å²) in [5.41, 5.74) is 1.40. The molecule has 2 aromatic heterocycles. The molecule has 3 heterocycles. The fourth-order valence-electron chi connectivity index (χ4n) is 4.96. The molecule has 3 aromatic rings. The summed E-state index contributed by atoms with van der Waals surface area (Å²) in [5.74, 6) is -0.261. The molecule has 1 aliphatic carbocycles. The second kappa shape index (κ2) is 9.99. The highest BCUT2D eigenvalue weighted by Crippen LogP contribution is 2.29. The number of hydrogen-bond donors (Lipinski definition) is 1. The number of nitrogens with one attached hydrogen (secondary N) is 1. The Morgan fingerprint density at radius 2 is 1.91 bits per heavy atom. The number of nitrogens with zero attached hydrogens (tertiary/aromatic N) is 4. The molecule has 2 fully saturated rings. The monoisotopic (exact) mass is 513 g/mol. The molecule has 0 bridgehead atoms. The lowest BCUT2D eigenvalue weighted by atomic mass is 10.2. The first-order valence-electron chi connectivity index (χ1n) is 12.0. The fourth-order valence-corrected chi connectivity index (χ4v) is 6.25. The average molecular weight is 514 g/mol. The van der Waals surface area contributed by atoms with E-state index in [2.05, 4.69) is 15.2 Å². The van der Waals surface area contributed by atoms with E-state index in [4.69, 9.17) is 11.6 Å². The second-order valence-corrected chi connectivity index (χ2v) is 10.7. The summed E-state index contributed by atoms with van der Waals surface area (Å²) < 4.78 is 1.34. The minimum Gasteiger partial charge on any atom is -0.368 e. The van der Waals surface area contributed by atoms with Crippen LogP contribution in [0, 0.1) is 6.92 Å². The maximum absolute atomic E-state index is 13.4. The molecular weight excluding hydrogens is 486 g/mol. The van der Waals surface area contributed by atoms with Gasteiger partial charge in [0, 0.05) is 42.9 Å². The number of halogens is 1. The summed E-state index contributed by atoms with van der Waals surface area (Å²) in [6.45, 7) is 4.30. The maximum atomic E-state index is 13.4. The van der Waals surface area contributed by atoms with Crippen molar-refractivity contribution in [2.24, 2.45) is 0 Å². The zero-order chi connectivity index (χ0) is 24.5. The van der Waals surface area contributed by atoms with Crippen LogP contribution < -0.4 is 15.8 Å². The highest BCUT2D eigenvalue weighted by atomic mass is 35.5. The summed E-state index contributed by atoms with van der Waals surface area (Å²) in [6.07, 6.45) is 5.63. The summed E-state index contributed by atoms with van der Waals surface area (Å²) in [6, 6.07) is 7.92. The van der Waals surface area contributed by atoms with Gasteiger partial charge in [-0.1, -0.05) is 30.5 Å². The van der Waals surface area contributed by atoms with Gasteiger partial charge in [0.1, 0.15) is 11.4 Å². The highest BCUT2D eigenvalue weighted by molar-refractivity contribution is 7.20. The van der Waals surface area contributed by atoms with Crippen molar-refractivity contribution in [3.63, 3.8) is 0 Å². The number of fused-ring (bicyclic) bond motifs is 1. The molecule has 2 amide bonds. The normalized spacial score (nSPS) is 16.7. The van der Waals surface area contributed by atoms with E-state index in [-0.39, 0.29) is 30.0 Å². The maximum Gasteiger partial charge on any atom is 0.264 e. The molecule has 0 radical (unpaired) electrons. The number of benzene rings is 1. The van der Waals surface area contributed by atoms with Crippen LogP contribution in [-0.4, -0.2) is 58.5 Å². The van der Waals surface area contributed by atoms with Crippen molar-refractivity contribution in [1.82, 2.24) is 19.8 Å². The average Bonchev–Trinajstić information content (AvgIpc) is 3.48. The molecule has 1 N–H and O–H groups in total. The first-order chi connectivity index (χ1) is 16.9. The third-order valence-electron chi connectivity index (χ3n) is 6.89. The number of hydrogen-bond acceptors (Lipinski definition) is 6. The van der Waals surface area contributed by atoms with Crippen molar-refractivity contribution in [3.05, 3.63) is 56.4 Å². The van der Waals surface area contributed by atoms with Gasteiger partial charge in [0.15, 0.2) is 0 Å². The number of amides is 2. The van der Waals surface area contributed by atoms with Gasteiger partial charge in [-0.15, -0.1) is 11.3 Å². The van der Waals surface area contributed by atoms with E-state index >= 15 is 0 Å². The molecule has 35 heavy (non-hydrogen) atoms. The number of thiophene rings is 1. The summed E-state index contributed by atoms with van der Waals surface area (Å²) in [7, 11) is 0. The minimum atomic E-state index is -0.282. The molecule has 2 aliphatic rings. The standard InChI is InChI=1S/C25H28ClN5O3S/c1-16-21-23(27-15-31(24(21)33)14-20(32)28-18-6-2-3-7-18)35-22(16)25(34)30-11-9-29(10-12-30)19-8-4-5-17(26)13-19/h4-5,8,13,15,18H,2-3,6-7,9-12,14H2,1H3,(H,28,32). The Balaban J connectivity index is 1.30. The van der Waals surface area contributed by atoms with E-state index in [1.54, 1.807) is 6.92 Å². The SMILES string of the molecule is Cc1c(C(=O)N2CCN(c3cccc(Cl)c3)CC2)sc2ncn(CC(=O)NC3CCCC3)c(=O)c12. The van der Waals surface area contributed by atoms with Crippen molar-refractivity contribution in [1.29, 1.82) is 0 Å². The number of anilines is 1. The van der Waals surface area contributed by atoms with Crippen LogP contribution in [0.5, 0.6) is 0 Å². The molecule has 0 unspecified atom stereocenters. The first-order valence-corrected chi connectivity index (χ1v) is 13.2. The van der Waals surface area contributed by atoms with E-state index in [9.17, 15) is 14.4 Å². The van der Waals surface area contributed by atoms with Crippen LogP contribution in [0.25, 0.3) is 10.2 Å². The van der Waals surface area contributed by atoms with E-state index in [1.165, 1.54) is 22.2 Å². The van der Waals surface area contributed by atoms with Gasteiger partial charge >= 0.3 is 0 Å². The van der Waals surface area contributed by atoms with Crippen LogP contribution >= 0.6 is 22.9 Å². The van der Waals surface area contributed by atoms with Crippen LogP contribution in [0.2, 0.25) is 5.02 Å². The fraction of sp³-hybridized carbons (Fsp3) is 0.440. The third kappa shape index (κ3) is 4.92. The lowest BCUT2D eigenvalue weighted by Crippen LogP contribution is -2.48. The zero-order valence-electron chi connectivity index (χ0n) is 19.6. The van der Waals surface area contributed by atoms with Crippen LogP contribution in [0.15, 0.2) is 35.4 Å². The van der Waals surface area contributed by atoms with E-state index < -0.39 is 0 Å². The zero-order valence-corrected chi connectivity index (χ0v) is 21.2. The van der Waals surface area contributed by atoms with Gasteiger partial charge in [-0.2, -0.15) is 0 Å².